The molecule has 2 rings (SSSR count). The molecule has 2 heterocycles. The van der Waals surface area contributed by atoms with Gasteiger partial charge < -0.3 is 10.2 Å². The van der Waals surface area contributed by atoms with Gasteiger partial charge in [-0.3, -0.25) is 4.99 Å². The van der Waals surface area contributed by atoms with E-state index >= 15 is 0 Å². The molecule has 0 bridgehead atoms. The summed E-state index contributed by atoms with van der Waals surface area (Å²) >= 11 is 5.75. The summed E-state index contributed by atoms with van der Waals surface area (Å²) in [5.74, 6) is 0. The maximum absolute atomic E-state index is 5.75. The first-order chi connectivity index (χ1) is 6.36. The van der Waals surface area contributed by atoms with Crippen molar-refractivity contribution in [3.05, 3.63) is 12.3 Å². The summed E-state index contributed by atoms with van der Waals surface area (Å²) in [6.07, 6.45) is 6.34. The molecule has 0 spiro atoms. The number of hydrogen-bond acceptors (Lipinski definition) is 3. The maximum atomic E-state index is 5.75. The summed E-state index contributed by atoms with van der Waals surface area (Å²) in [6, 6.07) is 0.644. The van der Waals surface area contributed by atoms with E-state index in [4.69, 9.17) is 11.6 Å². The smallest absolute Gasteiger partial charge is 0.127 e. The Hall–Kier alpha value is -0.540. The molecule has 0 radical (unpaired) electrons. The van der Waals surface area contributed by atoms with E-state index in [1.54, 1.807) is 0 Å². The van der Waals surface area contributed by atoms with Gasteiger partial charge in [0.15, 0.2) is 0 Å². The van der Waals surface area contributed by atoms with Crippen LogP contribution >= 0.6 is 11.6 Å². The fourth-order valence-corrected chi connectivity index (χ4v) is 1.89. The minimum Gasteiger partial charge on any atom is -0.355 e. The van der Waals surface area contributed by atoms with Crippen LogP contribution < -0.4 is 5.32 Å². The van der Waals surface area contributed by atoms with Gasteiger partial charge in [-0.05, 0) is 32.0 Å². The van der Waals surface area contributed by atoms with Crippen LogP contribution in [0.5, 0.6) is 0 Å². The number of hydrogen-bond donors (Lipinski definition) is 1. The van der Waals surface area contributed by atoms with Crippen LogP contribution in [0.3, 0.4) is 0 Å². The van der Waals surface area contributed by atoms with E-state index in [1.165, 1.54) is 12.8 Å². The first-order valence-electron chi connectivity index (χ1n) is 4.71. The molecule has 0 aromatic heterocycles. The third kappa shape index (κ3) is 2.23. The topological polar surface area (TPSA) is 27.6 Å². The Morgan fingerprint density at radius 1 is 1.46 bits per heavy atom. The molecule has 0 unspecified atom stereocenters. The second-order valence-corrected chi connectivity index (χ2v) is 3.82. The summed E-state index contributed by atoms with van der Waals surface area (Å²) in [5.41, 5.74) is 0. The van der Waals surface area contributed by atoms with Crippen molar-refractivity contribution in [3.8, 4) is 0 Å². The van der Waals surface area contributed by atoms with E-state index in [1.807, 2.05) is 6.08 Å². The van der Waals surface area contributed by atoms with Gasteiger partial charge in [0, 0.05) is 12.2 Å². The molecule has 0 amide bonds. The van der Waals surface area contributed by atoms with Crippen molar-refractivity contribution in [2.24, 2.45) is 4.99 Å². The largest absolute Gasteiger partial charge is 0.355 e. The lowest BCUT2D eigenvalue weighted by molar-refractivity contribution is 0.230. The van der Waals surface area contributed by atoms with E-state index in [-0.39, 0.29) is 0 Å². The number of rotatable bonds is 1. The maximum Gasteiger partial charge on any atom is 0.127 e. The van der Waals surface area contributed by atoms with Gasteiger partial charge in [-0.25, -0.2) is 0 Å². The summed E-state index contributed by atoms with van der Waals surface area (Å²) < 4.78 is 0. The first kappa shape index (κ1) is 9.03. The van der Waals surface area contributed by atoms with Gasteiger partial charge in [-0.1, -0.05) is 11.6 Å². The van der Waals surface area contributed by atoms with Crippen LogP contribution in [0.1, 0.15) is 12.8 Å². The monoisotopic (exact) mass is 199 g/mol. The highest BCUT2D eigenvalue weighted by molar-refractivity contribution is 6.68. The predicted octanol–water partition coefficient (Wildman–Crippen LogP) is 1.16. The lowest BCUT2D eigenvalue weighted by atomic mass is 10.1. The standard InChI is InChI=1S/C9H14ClN3/c10-9-3-6-13(7-12-9)8-1-4-11-5-2-8/h3,6,8,11H,1-2,4-5,7H2. The zero-order valence-electron chi connectivity index (χ0n) is 7.54. The van der Waals surface area contributed by atoms with E-state index in [9.17, 15) is 0 Å². The van der Waals surface area contributed by atoms with Crippen molar-refractivity contribution < 1.29 is 0 Å². The first-order valence-corrected chi connectivity index (χ1v) is 5.09. The van der Waals surface area contributed by atoms with Gasteiger partial charge in [0.2, 0.25) is 0 Å². The summed E-state index contributed by atoms with van der Waals surface area (Å²) in [6.45, 7) is 2.96. The van der Waals surface area contributed by atoms with Crippen molar-refractivity contribution in [1.29, 1.82) is 0 Å². The van der Waals surface area contributed by atoms with Crippen molar-refractivity contribution in [2.75, 3.05) is 19.8 Å². The molecule has 13 heavy (non-hydrogen) atoms. The van der Waals surface area contributed by atoms with Crippen molar-refractivity contribution >= 4 is 16.8 Å². The Bertz CT molecular complexity index is 231. The molecule has 0 aliphatic carbocycles. The molecule has 0 aromatic carbocycles. The Morgan fingerprint density at radius 3 is 2.85 bits per heavy atom. The molecule has 1 saturated heterocycles. The number of allylic oxidation sites excluding steroid dienone is 1. The van der Waals surface area contributed by atoms with E-state index in [0.717, 1.165) is 19.8 Å². The highest BCUT2D eigenvalue weighted by Crippen LogP contribution is 2.14. The number of nitrogens with zero attached hydrogens (tertiary/aromatic N) is 2. The summed E-state index contributed by atoms with van der Waals surface area (Å²) in [7, 11) is 0. The lowest BCUT2D eigenvalue weighted by Crippen LogP contribution is -2.41. The fourth-order valence-electron chi connectivity index (χ4n) is 1.78. The fraction of sp³-hybridized carbons (Fsp3) is 0.667. The number of aliphatic imine (C=N–C) groups is 1. The number of piperidine rings is 1. The third-order valence-corrected chi connectivity index (χ3v) is 2.81. The van der Waals surface area contributed by atoms with Gasteiger partial charge in [0.1, 0.15) is 11.8 Å². The van der Waals surface area contributed by atoms with E-state index in [0.29, 0.717) is 11.2 Å². The molecule has 1 N–H and O–H groups in total. The summed E-state index contributed by atoms with van der Waals surface area (Å²) in [4.78, 5) is 6.46. The zero-order chi connectivity index (χ0) is 9.10. The van der Waals surface area contributed by atoms with Crippen molar-refractivity contribution in [2.45, 2.75) is 18.9 Å². The Morgan fingerprint density at radius 2 is 2.23 bits per heavy atom. The van der Waals surface area contributed by atoms with Crippen LogP contribution in [0.2, 0.25) is 0 Å². The molecule has 0 saturated carbocycles. The van der Waals surface area contributed by atoms with Crippen LogP contribution in [-0.4, -0.2) is 35.9 Å². The highest BCUT2D eigenvalue weighted by Gasteiger charge is 2.18. The third-order valence-electron chi connectivity index (χ3n) is 2.57. The second-order valence-electron chi connectivity index (χ2n) is 3.43. The van der Waals surface area contributed by atoms with Crippen molar-refractivity contribution in [3.63, 3.8) is 0 Å². The minimum absolute atomic E-state index is 0.616. The quantitative estimate of drug-likeness (QED) is 0.687. The van der Waals surface area contributed by atoms with Crippen LogP contribution in [0.4, 0.5) is 0 Å². The molecule has 1 fully saturated rings. The highest BCUT2D eigenvalue weighted by atomic mass is 35.5. The Kier molecular flexibility index (Phi) is 2.86. The van der Waals surface area contributed by atoms with Crippen LogP contribution in [-0.2, 0) is 0 Å². The van der Waals surface area contributed by atoms with Gasteiger partial charge >= 0.3 is 0 Å². The molecule has 2 aliphatic heterocycles. The summed E-state index contributed by atoms with van der Waals surface area (Å²) in [5, 5.41) is 3.97. The lowest BCUT2D eigenvalue weighted by Gasteiger charge is -2.33. The molecule has 0 atom stereocenters. The average Bonchev–Trinajstić information content (AvgIpc) is 2.20. The van der Waals surface area contributed by atoms with Crippen LogP contribution in [0.15, 0.2) is 17.3 Å². The van der Waals surface area contributed by atoms with Crippen molar-refractivity contribution in [1.82, 2.24) is 10.2 Å². The van der Waals surface area contributed by atoms with Gasteiger partial charge in [0.05, 0.1) is 0 Å². The molecule has 0 aromatic rings. The molecule has 3 nitrogen and oxygen atoms in total. The molecular formula is C9H14ClN3. The Labute approximate surface area is 83.5 Å². The second kappa shape index (κ2) is 4.11. The molecule has 72 valence electrons. The predicted molar refractivity (Wildman–Crippen MR) is 55.0 cm³/mol. The number of nitrogens with one attached hydrogen (secondary N) is 1. The van der Waals surface area contributed by atoms with Gasteiger partial charge in [0.25, 0.3) is 0 Å². The average molecular weight is 200 g/mol. The normalized spacial score (nSPS) is 24.7. The molecular weight excluding hydrogens is 186 g/mol. The van der Waals surface area contributed by atoms with Crippen LogP contribution in [0.25, 0.3) is 0 Å². The van der Waals surface area contributed by atoms with Gasteiger partial charge in [-0.2, -0.15) is 0 Å². The SMILES string of the molecule is ClC1=NCN(C2CCNCC2)C=C1. The molecule has 4 heteroatoms. The molecule has 2 aliphatic rings. The van der Waals surface area contributed by atoms with E-state index < -0.39 is 0 Å². The number of halogens is 1. The minimum atomic E-state index is 0.616. The Balaban J connectivity index is 1.91. The van der Waals surface area contributed by atoms with Crippen LogP contribution in [0, 0.1) is 0 Å². The van der Waals surface area contributed by atoms with E-state index in [2.05, 4.69) is 21.4 Å². The van der Waals surface area contributed by atoms with Gasteiger partial charge in [-0.15, -0.1) is 0 Å². The zero-order valence-corrected chi connectivity index (χ0v) is 8.30.